The lowest BCUT2D eigenvalue weighted by Gasteiger charge is -1.88. The SMILES string of the molecule is CC(=O)O/C=C(\Br)C=O. The van der Waals surface area contributed by atoms with Crippen LogP contribution in [0.3, 0.4) is 0 Å². The van der Waals surface area contributed by atoms with Gasteiger partial charge >= 0.3 is 5.97 Å². The average Bonchev–Trinajstić information content (AvgIpc) is 1.83. The van der Waals surface area contributed by atoms with Crippen LogP contribution in [0.15, 0.2) is 10.7 Å². The molecule has 0 N–H and O–H groups in total. The normalized spacial score (nSPS) is 10.7. The average molecular weight is 193 g/mol. The fraction of sp³-hybridized carbons (Fsp3) is 0.200. The molecule has 3 nitrogen and oxygen atoms in total. The molecule has 4 heteroatoms. The molecule has 0 aliphatic heterocycles. The van der Waals surface area contributed by atoms with Gasteiger partial charge in [-0.15, -0.1) is 0 Å². The Hall–Kier alpha value is -0.640. The zero-order chi connectivity index (χ0) is 7.28. The van der Waals surface area contributed by atoms with Crippen molar-refractivity contribution in [3.8, 4) is 0 Å². The van der Waals surface area contributed by atoms with Crippen LogP contribution in [0.2, 0.25) is 0 Å². The van der Waals surface area contributed by atoms with Crippen LogP contribution in [-0.2, 0) is 14.3 Å². The lowest BCUT2D eigenvalue weighted by atomic mass is 10.7. The van der Waals surface area contributed by atoms with Crippen LogP contribution >= 0.6 is 15.9 Å². The van der Waals surface area contributed by atoms with Crippen molar-refractivity contribution < 1.29 is 14.3 Å². The van der Waals surface area contributed by atoms with E-state index in [-0.39, 0.29) is 4.48 Å². The first-order valence-electron chi connectivity index (χ1n) is 2.15. The molecule has 0 radical (unpaired) electrons. The molecule has 0 fully saturated rings. The fourth-order valence-corrected chi connectivity index (χ4v) is 0.261. The lowest BCUT2D eigenvalue weighted by molar-refractivity contribution is -0.135. The molecule has 0 heterocycles. The fourth-order valence-electron chi connectivity index (χ4n) is 0.167. The van der Waals surface area contributed by atoms with E-state index in [1.165, 1.54) is 6.92 Å². The van der Waals surface area contributed by atoms with Gasteiger partial charge in [-0.1, -0.05) is 0 Å². The maximum Gasteiger partial charge on any atom is 0.307 e. The number of carbonyl (C=O) groups is 2. The first kappa shape index (κ1) is 8.36. The van der Waals surface area contributed by atoms with E-state index in [4.69, 9.17) is 0 Å². The molecule has 0 aliphatic rings. The summed E-state index contributed by atoms with van der Waals surface area (Å²) in [7, 11) is 0. The Morgan fingerprint density at radius 1 is 1.67 bits per heavy atom. The molecule has 0 aromatic heterocycles. The molecule has 0 aromatic carbocycles. The summed E-state index contributed by atoms with van der Waals surface area (Å²) in [5, 5.41) is 0. The number of rotatable bonds is 2. The van der Waals surface area contributed by atoms with E-state index in [9.17, 15) is 9.59 Å². The van der Waals surface area contributed by atoms with E-state index in [1.54, 1.807) is 0 Å². The van der Waals surface area contributed by atoms with Crippen LogP contribution in [0.1, 0.15) is 6.92 Å². The maximum absolute atomic E-state index is 10.1. The van der Waals surface area contributed by atoms with Gasteiger partial charge in [-0.2, -0.15) is 0 Å². The van der Waals surface area contributed by atoms with E-state index < -0.39 is 5.97 Å². The Bertz CT molecular complexity index is 150. The van der Waals surface area contributed by atoms with Crippen LogP contribution < -0.4 is 0 Å². The molecule has 0 spiro atoms. The molecule has 0 unspecified atom stereocenters. The van der Waals surface area contributed by atoms with Gasteiger partial charge in [-0.05, 0) is 15.9 Å². The van der Waals surface area contributed by atoms with Crippen molar-refractivity contribution in [1.29, 1.82) is 0 Å². The first-order valence-corrected chi connectivity index (χ1v) is 2.94. The second-order valence-corrected chi connectivity index (χ2v) is 2.15. The van der Waals surface area contributed by atoms with Crippen LogP contribution in [0.4, 0.5) is 0 Å². The van der Waals surface area contributed by atoms with E-state index in [0.29, 0.717) is 6.29 Å². The van der Waals surface area contributed by atoms with E-state index in [1.807, 2.05) is 0 Å². The number of ether oxygens (including phenoxy) is 1. The summed E-state index contributed by atoms with van der Waals surface area (Å²) in [5.41, 5.74) is 0. The highest BCUT2D eigenvalue weighted by molar-refractivity contribution is 9.12. The Labute approximate surface area is 60.8 Å². The van der Waals surface area contributed by atoms with E-state index >= 15 is 0 Å². The summed E-state index contributed by atoms with van der Waals surface area (Å²) in [4.78, 5) is 19.9. The quantitative estimate of drug-likeness (QED) is 0.284. The van der Waals surface area contributed by atoms with Gasteiger partial charge in [0.05, 0.1) is 4.48 Å². The molecular formula is C5H5BrO3. The maximum atomic E-state index is 10.1. The summed E-state index contributed by atoms with van der Waals surface area (Å²) in [6.45, 7) is 1.25. The van der Waals surface area contributed by atoms with E-state index in [0.717, 1.165) is 6.26 Å². The smallest absolute Gasteiger partial charge is 0.307 e. The predicted molar refractivity (Wildman–Crippen MR) is 34.8 cm³/mol. The molecule has 0 saturated heterocycles. The minimum Gasteiger partial charge on any atom is -0.433 e. The summed E-state index contributed by atoms with van der Waals surface area (Å²) >= 11 is 2.82. The van der Waals surface area contributed by atoms with Crippen molar-refractivity contribution >= 4 is 28.2 Å². The van der Waals surface area contributed by atoms with Crippen LogP contribution in [-0.4, -0.2) is 12.3 Å². The number of halogens is 1. The third-order valence-corrected chi connectivity index (χ3v) is 0.824. The third kappa shape index (κ3) is 5.23. The minimum absolute atomic E-state index is 0.206. The number of esters is 1. The highest BCUT2D eigenvalue weighted by Gasteiger charge is 1.89. The molecule has 0 saturated carbocycles. The van der Waals surface area contributed by atoms with Gasteiger partial charge in [-0.25, -0.2) is 0 Å². The van der Waals surface area contributed by atoms with Crippen LogP contribution in [0.25, 0.3) is 0 Å². The van der Waals surface area contributed by atoms with Crippen molar-refractivity contribution in [3.63, 3.8) is 0 Å². The highest BCUT2D eigenvalue weighted by atomic mass is 79.9. The van der Waals surface area contributed by atoms with Gasteiger partial charge in [0, 0.05) is 6.92 Å². The Balaban J connectivity index is 3.69. The van der Waals surface area contributed by atoms with Crippen LogP contribution in [0.5, 0.6) is 0 Å². The summed E-state index contributed by atoms with van der Waals surface area (Å²) in [5.74, 6) is -0.450. The molecule has 50 valence electrons. The number of carbonyl (C=O) groups excluding carboxylic acids is 2. The largest absolute Gasteiger partial charge is 0.433 e. The Morgan fingerprint density at radius 2 is 2.22 bits per heavy atom. The van der Waals surface area contributed by atoms with Gasteiger partial charge in [0.15, 0.2) is 6.29 Å². The highest BCUT2D eigenvalue weighted by Crippen LogP contribution is 1.99. The summed E-state index contributed by atoms with van der Waals surface area (Å²) in [6.07, 6.45) is 1.57. The van der Waals surface area contributed by atoms with Gasteiger partial charge in [0.25, 0.3) is 0 Å². The van der Waals surface area contributed by atoms with Gasteiger partial charge in [-0.3, -0.25) is 9.59 Å². The molecule has 0 atom stereocenters. The number of hydrogen-bond donors (Lipinski definition) is 0. The molecule has 9 heavy (non-hydrogen) atoms. The molecule has 0 rings (SSSR count). The molecule has 0 bridgehead atoms. The van der Waals surface area contributed by atoms with Crippen molar-refractivity contribution in [2.75, 3.05) is 0 Å². The molecule has 0 amide bonds. The summed E-state index contributed by atoms with van der Waals surface area (Å²) in [6, 6.07) is 0. The lowest BCUT2D eigenvalue weighted by Crippen LogP contribution is -1.90. The number of hydrogen-bond acceptors (Lipinski definition) is 3. The van der Waals surface area contributed by atoms with Gasteiger partial charge in [0.2, 0.25) is 0 Å². The standard InChI is InChI=1S/C5H5BrO3/c1-4(8)9-3-5(6)2-7/h2-3H,1H3/b5-3-. The zero-order valence-electron chi connectivity index (χ0n) is 4.76. The van der Waals surface area contributed by atoms with Crippen LogP contribution in [0, 0.1) is 0 Å². The number of aldehydes is 1. The molecular weight excluding hydrogens is 188 g/mol. The third-order valence-electron chi connectivity index (χ3n) is 0.450. The first-order chi connectivity index (χ1) is 4.16. The van der Waals surface area contributed by atoms with E-state index in [2.05, 4.69) is 20.7 Å². The molecule has 0 aliphatic carbocycles. The topological polar surface area (TPSA) is 43.4 Å². The Kier molecular flexibility index (Phi) is 3.96. The van der Waals surface area contributed by atoms with Gasteiger partial charge in [0.1, 0.15) is 6.26 Å². The predicted octanol–water partition coefficient (Wildman–Crippen LogP) is 0.985. The second kappa shape index (κ2) is 4.26. The zero-order valence-corrected chi connectivity index (χ0v) is 6.34. The van der Waals surface area contributed by atoms with Crippen molar-refractivity contribution in [2.24, 2.45) is 0 Å². The number of allylic oxidation sites excluding steroid dienone is 1. The van der Waals surface area contributed by atoms with Gasteiger partial charge < -0.3 is 4.74 Å². The second-order valence-electron chi connectivity index (χ2n) is 1.23. The monoisotopic (exact) mass is 192 g/mol. The van der Waals surface area contributed by atoms with Crippen molar-refractivity contribution in [3.05, 3.63) is 10.7 Å². The minimum atomic E-state index is -0.450. The Morgan fingerprint density at radius 3 is 2.56 bits per heavy atom. The summed E-state index contributed by atoms with van der Waals surface area (Å²) < 4.78 is 4.52. The van der Waals surface area contributed by atoms with Crippen molar-refractivity contribution in [2.45, 2.75) is 6.92 Å². The van der Waals surface area contributed by atoms with Crippen molar-refractivity contribution in [1.82, 2.24) is 0 Å². The molecule has 0 aromatic rings.